The highest BCUT2D eigenvalue weighted by atomic mass is 19.4. The normalized spacial score (nSPS) is 16.1. The molecule has 0 bridgehead atoms. The van der Waals surface area contributed by atoms with E-state index in [0.717, 1.165) is 0 Å². The quantitative estimate of drug-likeness (QED) is 0.271. The van der Waals surface area contributed by atoms with E-state index in [1.165, 1.54) is 0 Å². The maximum absolute atomic E-state index is 13.7. The largest absolute Gasteiger partial charge is 0.477 e. The lowest BCUT2D eigenvalue weighted by Gasteiger charge is -2.43. The minimum absolute atomic E-state index is 0.711. The lowest BCUT2D eigenvalue weighted by molar-refractivity contribution is -0.884. The van der Waals surface area contributed by atoms with Gasteiger partial charge in [-0.25, -0.2) is 4.79 Å². The van der Waals surface area contributed by atoms with Gasteiger partial charge >= 0.3 is 53.6 Å². The molecule has 0 radical (unpaired) electrons. The van der Waals surface area contributed by atoms with Gasteiger partial charge in [0, 0.05) is 0 Å². The number of aliphatic carboxylic acids is 1. The van der Waals surface area contributed by atoms with Gasteiger partial charge in [0.1, 0.15) is 0 Å². The summed E-state index contributed by atoms with van der Waals surface area (Å²) in [5, 5.41) is 8.50. The van der Waals surface area contributed by atoms with Gasteiger partial charge in [-0.2, -0.15) is 74.6 Å². The van der Waals surface area contributed by atoms with E-state index < -0.39 is 77.6 Å². The van der Waals surface area contributed by atoms with Crippen molar-refractivity contribution in [3.05, 3.63) is 0 Å². The molecule has 0 aliphatic heterocycles. The summed E-state index contributed by atoms with van der Waals surface area (Å²) in [7, 11) is 1.42. The number of carbonyl (C=O) groups is 1. The Balaban J connectivity index is 6.47. The van der Waals surface area contributed by atoms with Crippen molar-refractivity contribution in [3.8, 4) is 0 Å². The summed E-state index contributed by atoms with van der Waals surface area (Å²) >= 11 is 0. The standard InChI is InChI=1S/C14H12F17NO2/c1-32(2,5-6(33)34)4-3-7(15,16)8(17,18)9(19,20)10(21,22)11(23,24)12(25,26)13(27,28)14(29,30)31/h3-5H2,1-2H3/p+1. The van der Waals surface area contributed by atoms with Crippen molar-refractivity contribution in [1.29, 1.82) is 0 Å². The van der Waals surface area contributed by atoms with Crippen LogP contribution < -0.4 is 0 Å². The van der Waals surface area contributed by atoms with E-state index in [1.54, 1.807) is 0 Å². The van der Waals surface area contributed by atoms with E-state index in [9.17, 15) is 79.4 Å². The van der Waals surface area contributed by atoms with Crippen LogP contribution in [0.2, 0.25) is 0 Å². The number of alkyl halides is 17. The molecule has 3 nitrogen and oxygen atoms in total. The van der Waals surface area contributed by atoms with Crippen LogP contribution in [0.4, 0.5) is 74.6 Å². The minimum Gasteiger partial charge on any atom is -0.477 e. The second kappa shape index (κ2) is 8.42. The first-order chi connectivity index (χ1) is 14.4. The molecule has 0 rings (SSSR count). The van der Waals surface area contributed by atoms with Crippen LogP contribution in [0.1, 0.15) is 6.42 Å². The van der Waals surface area contributed by atoms with Crippen LogP contribution in [0.5, 0.6) is 0 Å². The molecule has 0 saturated carbocycles. The molecule has 0 saturated heterocycles. The molecule has 1 N–H and O–H groups in total. The summed E-state index contributed by atoms with van der Waals surface area (Å²) in [6, 6.07) is 0. The maximum Gasteiger partial charge on any atom is 0.460 e. The molecule has 204 valence electrons. The molecule has 0 amide bonds. The zero-order valence-corrected chi connectivity index (χ0v) is 16.3. The summed E-state index contributed by atoms with van der Waals surface area (Å²) in [6.07, 6.45) is -10.5. The molecule has 0 atom stereocenters. The first kappa shape index (κ1) is 32.2. The number of quaternary nitrogens is 1. The highest BCUT2D eigenvalue weighted by Crippen LogP contribution is 2.64. The van der Waals surface area contributed by atoms with Crippen LogP contribution in [0, 0.1) is 0 Å². The van der Waals surface area contributed by atoms with E-state index in [2.05, 4.69) is 0 Å². The lowest BCUT2D eigenvalue weighted by atomic mass is 9.88. The Labute approximate surface area is 177 Å². The predicted molar refractivity (Wildman–Crippen MR) is 74.8 cm³/mol. The van der Waals surface area contributed by atoms with Gasteiger partial charge < -0.3 is 9.59 Å². The molecule has 0 spiro atoms. The number of likely N-dealkylation sites (N-methyl/N-ethyl adjacent to an activating group) is 1. The zero-order chi connectivity index (χ0) is 28.2. The molecule has 0 aliphatic carbocycles. The molecule has 0 aromatic carbocycles. The lowest BCUT2D eigenvalue weighted by Crippen LogP contribution is -2.74. The van der Waals surface area contributed by atoms with Gasteiger partial charge in [0.05, 0.1) is 27.1 Å². The summed E-state index contributed by atoms with van der Waals surface area (Å²) in [6.45, 7) is -2.72. The van der Waals surface area contributed by atoms with Crippen LogP contribution in [0.25, 0.3) is 0 Å². The molecule has 0 fully saturated rings. The van der Waals surface area contributed by atoms with Gasteiger partial charge in [-0.1, -0.05) is 0 Å². The van der Waals surface area contributed by atoms with Crippen molar-refractivity contribution in [2.75, 3.05) is 27.2 Å². The van der Waals surface area contributed by atoms with Gasteiger partial charge in [0.25, 0.3) is 0 Å². The fourth-order valence-corrected chi connectivity index (χ4v) is 2.24. The number of carboxylic acid groups (broad SMARTS) is 1. The third-order valence-corrected chi connectivity index (χ3v) is 4.38. The Bertz CT molecular complexity index is 756. The van der Waals surface area contributed by atoms with Gasteiger partial charge in [-0.15, -0.1) is 0 Å². The molecule has 20 heteroatoms. The van der Waals surface area contributed by atoms with Crippen LogP contribution in [0.15, 0.2) is 0 Å². The fourth-order valence-electron chi connectivity index (χ4n) is 2.24. The maximum atomic E-state index is 13.7. The SMILES string of the molecule is C[N+](C)(CCC(F)(F)C(F)(F)C(F)(F)C(F)(F)C(F)(F)C(F)(F)C(F)(F)C(F)(F)F)CC(=O)O. The molecular formula is C14H13F17NO2+. The van der Waals surface area contributed by atoms with E-state index in [1.807, 2.05) is 0 Å². The Morgan fingerprint density at radius 2 is 0.882 bits per heavy atom. The Morgan fingerprint density at radius 3 is 1.18 bits per heavy atom. The Hall–Kier alpha value is -1.76. The molecule has 0 aromatic rings. The van der Waals surface area contributed by atoms with Gasteiger partial charge in [0.15, 0.2) is 6.54 Å². The van der Waals surface area contributed by atoms with Crippen molar-refractivity contribution in [3.63, 3.8) is 0 Å². The molecule has 0 unspecified atom stereocenters. The average Bonchev–Trinajstić information content (AvgIpc) is 2.57. The average molecular weight is 550 g/mol. The van der Waals surface area contributed by atoms with Crippen molar-refractivity contribution in [2.24, 2.45) is 0 Å². The molecule has 0 aliphatic rings. The number of carboxylic acids is 1. The summed E-state index contributed by atoms with van der Waals surface area (Å²) in [5.74, 6) is -58.4. The van der Waals surface area contributed by atoms with Crippen LogP contribution in [0.3, 0.4) is 0 Å². The number of halogens is 17. The van der Waals surface area contributed by atoms with Crippen molar-refractivity contribution in [1.82, 2.24) is 0 Å². The second-order valence-corrected chi connectivity index (χ2v) is 7.61. The van der Waals surface area contributed by atoms with E-state index in [-0.39, 0.29) is 0 Å². The Kier molecular flexibility index (Phi) is 7.99. The molecule has 34 heavy (non-hydrogen) atoms. The molecule has 0 aromatic heterocycles. The summed E-state index contributed by atoms with van der Waals surface area (Å²) in [5.41, 5.74) is 0. The van der Waals surface area contributed by atoms with Gasteiger partial charge in [-0.3, -0.25) is 0 Å². The molecule has 0 heterocycles. The van der Waals surface area contributed by atoms with Crippen LogP contribution >= 0.6 is 0 Å². The van der Waals surface area contributed by atoms with Crippen molar-refractivity contribution in [2.45, 2.75) is 54.1 Å². The highest BCUT2D eigenvalue weighted by molar-refractivity contribution is 5.67. The number of hydrogen-bond acceptors (Lipinski definition) is 1. The third-order valence-electron chi connectivity index (χ3n) is 4.38. The third kappa shape index (κ3) is 4.82. The number of nitrogens with zero attached hydrogens (tertiary/aromatic N) is 1. The second-order valence-electron chi connectivity index (χ2n) is 7.61. The molecular weight excluding hydrogens is 537 g/mol. The summed E-state index contributed by atoms with van der Waals surface area (Å²) in [4.78, 5) is 10.5. The van der Waals surface area contributed by atoms with Crippen LogP contribution in [-0.4, -0.2) is 90.4 Å². The topological polar surface area (TPSA) is 37.3 Å². The Morgan fingerprint density at radius 1 is 0.588 bits per heavy atom. The number of rotatable bonds is 11. The number of hydrogen-bond donors (Lipinski definition) is 1. The fraction of sp³-hybridized carbons (Fsp3) is 0.929. The van der Waals surface area contributed by atoms with Crippen molar-refractivity contribution >= 4 is 5.97 Å². The first-order valence-electron chi connectivity index (χ1n) is 8.12. The minimum atomic E-state index is -8.67. The smallest absolute Gasteiger partial charge is 0.460 e. The van der Waals surface area contributed by atoms with Crippen molar-refractivity contribution < 1.29 is 89.0 Å². The predicted octanol–water partition coefficient (Wildman–Crippen LogP) is 5.55. The van der Waals surface area contributed by atoms with E-state index >= 15 is 0 Å². The van der Waals surface area contributed by atoms with Crippen LogP contribution in [-0.2, 0) is 4.79 Å². The first-order valence-corrected chi connectivity index (χ1v) is 8.12. The summed E-state index contributed by atoms with van der Waals surface area (Å²) < 4.78 is 222. The van der Waals surface area contributed by atoms with Gasteiger partial charge in [0.2, 0.25) is 0 Å². The van der Waals surface area contributed by atoms with Gasteiger partial charge in [-0.05, 0) is 0 Å². The van der Waals surface area contributed by atoms with E-state index in [0.29, 0.717) is 14.1 Å². The van der Waals surface area contributed by atoms with E-state index in [4.69, 9.17) is 5.11 Å². The highest BCUT2D eigenvalue weighted by Gasteiger charge is 2.95. The monoisotopic (exact) mass is 550 g/mol. The zero-order valence-electron chi connectivity index (χ0n) is 16.3.